The molecule has 1 unspecified atom stereocenters. The first-order valence-electron chi connectivity index (χ1n) is 2.07. The van der Waals surface area contributed by atoms with Gasteiger partial charge in [-0.05, 0) is 33.7 Å². The molecule has 0 aliphatic carbocycles. The van der Waals surface area contributed by atoms with Gasteiger partial charge in [-0.25, -0.2) is 0 Å². The lowest BCUT2D eigenvalue weighted by molar-refractivity contribution is 0.590. The van der Waals surface area contributed by atoms with Gasteiger partial charge in [0.1, 0.15) is 0 Å². The zero-order valence-electron chi connectivity index (χ0n) is 5.31. The predicted molar refractivity (Wildman–Crippen MR) is 55.3 cm³/mol. The maximum atomic E-state index is 10.2. The molecule has 0 aliphatic rings. The molecule has 0 saturated carbocycles. The average Bonchev–Trinajstić information content (AvgIpc) is 1.59. The normalized spacial score (nSPS) is 16.2. The Balaban J connectivity index is 0. The van der Waals surface area contributed by atoms with Gasteiger partial charge in [-0.2, -0.15) is 0 Å². The van der Waals surface area contributed by atoms with E-state index in [2.05, 4.69) is 33.7 Å². The summed E-state index contributed by atoms with van der Waals surface area (Å²) in [6.45, 7) is -0.977. The van der Waals surface area contributed by atoms with E-state index in [0.717, 1.165) is 0 Å². The van der Waals surface area contributed by atoms with Crippen LogP contribution in [0.4, 0.5) is 0 Å². The van der Waals surface area contributed by atoms with Crippen molar-refractivity contribution in [3.8, 4) is 0 Å². The first kappa shape index (κ1) is 15.4. The smallest absolute Gasteiger partial charge is 0.306 e. The van der Waals surface area contributed by atoms with Gasteiger partial charge in [0.15, 0.2) is 6.49 Å². The van der Waals surface area contributed by atoms with Crippen LogP contribution in [0.15, 0.2) is 0 Å². The van der Waals surface area contributed by atoms with Gasteiger partial charge < -0.3 is 4.57 Å². The maximum Gasteiger partial charge on any atom is 0.339 e. The van der Waals surface area contributed by atoms with E-state index >= 15 is 0 Å². The zero-order valence-corrected chi connectivity index (χ0v) is 10.9. The molecule has 2 nitrogen and oxygen atoms in total. The molecule has 0 bridgehead atoms. The Labute approximate surface area is 89.4 Å². The van der Waals surface area contributed by atoms with Crippen LogP contribution in [0.3, 0.4) is 0 Å². The van der Waals surface area contributed by atoms with E-state index in [0.29, 0.717) is 0 Å². The molecular weight excluding hydrogens is 295 g/mol. The molecule has 0 aliphatic heterocycles. The van der Waals surface area contributed by atoms with E-state index in [1.807, 2.05) is 0 Å². The van der Waals surface area contributed by atoms with Crippen molar-refractivity contribution in [2.75, 3.05) is 12.3 Å². The Morgan fingerprint density at radius 1 is 1.09 bits per heavy atom. The van der Waals surface area contributed by atoms with Gasteiger partial charge in [-0.3, -0.25) is 4.57 Å². The summed E-state index contributed by atoms with van der Waals surface area (Å²) in [6.07, 6.45) is 0. The highest BCUT2D eigenvalue weighted by Crippen LogP contribution is 2.61. The van der Waals surface area contributed by atoms with Crippen molar-refractivity contribution in [2.24, 2.45) is 0 Å². The SMILES string of the molecule is CP(=O)(Cl)CCl.O=P(Cl)(Cl)Cl. The summed E-state index contributed by atoms with van der Waals surface area (Å²) in [4.78, 5) is 0. The topological polar surface area (TPSA) is 34.1 Å². The second-order valence-corrected chi connectivity index (χ2v) is 13.2. The molecular formula is C2H5Cl5O2P2. The molecule has 0 rings (SSSR count). The highest BCUT2D eigenvalue weighted by molar-refractivity contribution is 8.24. The van der Waals surface area contributed by atoms with Gasteiger partial charge >= 0.3 is 5.20 Å². The third-order valence-electron chi connectivity index (χ3n) is 0.213. The number of alkyl halides is 1. The summed E-state index contributed by atoms with van der Waals surface area (Å²) in [5, 5.41) is -3.22. The fourth-order valence-electron chi connectivity index (χ4n) is 0. The lowest BCUT2D eigenvalue weighted by atomic mass is 11.9. The fourth-order valence-corrected chi connectivity index (χ4v) is 0. The third kappa shape index (κ3) is 48.5. The number of hydrogen-bond donors (Lipinski definition) is 0. The van der Waals surface area contributed by atoms with Crippen molar-refractivity contribution in [3.05, 3.63) is 0 Å². The van der Waals surface area contributed by atoms with Crippen molar-refractivity contribution in [3.63, 3.8) is 0 Å². The van der Waals surface area contributed by atoms with Crippen LogP contribution in [-0.2, 0) is 9.13 Å². The summed E-state index contributed by atoms with van der Waals surface area (Å²) in [5.41, 5.74) is 0.0640. The maximum absolute atomic E-state index is 10.2. The van der Waals surface area contributed by atoms with Crippen LogP contribution in [-0.4, -0.2) is 12.3 Å². The molecule has 11 heavy (non-hydrogen) atoms. The molecule has 0 fully saturated rings. The Kier molecular flexibility index (Phi) is 8.92. The molecule has 0 spiro atoms. The number of halogens is 5. The highest BCUT2D eigenvalue weighted by Gasteiger charge is 2.04. The van der Waals surface area contributed by atoms with Crippen LogP contribution < -0.4 is 0 Å². The van der Waals surface area contributed by atoms with Gasteiger partial charge in [-0.15, -0.1) is 11.6 Å². The Morgan fingerprint density at radius 3 is 1.18 bits per heavy atom. The standard InChI is InChI=1S/C2H5Cl2OP.Cl3OP/c1-6(4,5)2-3;1-5(2,3)4/h2H2,1H3;. The first-order chi connectivity index (χ1) is 4.56. The minimum atomic E-state index is -3.22. The van der Waals surface area contributed by atoms with Crippen LogP contribution in [0.5, 0.6) is 0 Å². The van der Waals surface area contributed by atoms with Crippen molar-refractivity contribution >= 4 is 68.3 Å². The molecule has 1 atom stereocenters. The van der Waals surface area contributed by atoms with Crippen molar-refractivity contribution in [1.82, 2.24) is 0 Å². The quantitative estimate of drug-likeness (QED) is 0.496. The molecule has 70 valence electrons. The summed E-state index contributed by atoms with van der Waals surface area (Å²) in [6, 6.07) is 0. The monoisotopic (exact) mass is 298 g/mol. The largest absolute Gasteiger partial charge is 0.339 e. The van der Waals surface area contributed by atoms with Crippen LogP contribution >= 0.6 is 68.3 Å². The summed E-state index contributed by atoms with van der Waals surface area (Å²) >= 11 is 24.1. The highest BCUT2D eigenvalue weighted by atomic mass is 36.0. The summed E-state index contributed by atoms with van der Waals surface area (Å²) < 4.78 is 19.7. The lowest BCUT2D eigenvalue weighted by Gasteiger charge is -1.90. The van der Waals surface area contributed by atoms with Gasteiger partial charge in [0.05, 0.1) is 5.62 Å². The number of hydrogen-bond acceptors (Lipinski definition) is 2. The molecule has 0 radical (unpaired) electrons. The van der Waals surface area contributed by atoms with E-state index in [1.54, 1.807) is 0 Å². The molecule has 0 amide bonds. The molecule has 0 aromatic carbocycles. The van der Waals surface area contributed by atoms with E-state index in [9.17, 15) is 9.13 Å². The molecule has 0 saturated heterocycles. The third-order valence-corrected chi connectivity index (χ3v) is 2.73. The lowest BCUT2D eigenvalue weighted by Crippen LogP contribution is -1.62. The minimum absolute atomic E-state index is 0.0640. The zero-order chi connectivity index (χ0) is 9.71. The summed E-state index contributed by atoms with van der Waals surface area (Å²) in [7, 11) is 0. The van der Waals surface area contributed by atoms with E-state index < -0.39 is 11.7 Å². The van der Waals surface area contributed by atoms with E-state index in [1.165, 1.54) is 6.66 Å². The van der Waals surface area contributed by atoms with Crippen molar-refractivity contribution in [2.45, 2.75) is 0 Å². The average molecular weight is 300 g/mol. The molecule has 0 aromatic heterocycles. The Bertz CT molecular complexity index is 173. The molecule has 9 heteroatoms. The Hall–Kier alpha value is 1.91. The van der Waals surface area contributed by atoms with Gasteiger partial charge in [0.2, 0.25) is 0 Å². The van der Waals surface area contributed by atoms with Crippen LogP contribution in [0, 0.1) is 0 Å². The van der Waals surface area contributed by atoms with Gasteiger partial charge in [0, 0.05) is 6.66 Å². The van der Waals surface area contributed by atoms with Crippen LogP contribution in [0.1, 0.15) is 0 Å². The van der Waals surface area contributed by atoms with Gasteiger partial charge in [0.25, 0.3) is 0 Å². The van der Waals surface area contributed by atoms with E-state index in [-0.39, 0.29) is 5.62 Å². The van der Waals surface area contributed by atoms with Crippen LogP contribution in [0.2, 0.25) is 0 Å². The first-order valence-corrected chi connectivity index (χ1v) is 10.3. The number of rotatable bonds is 1. The molecule has 0 aromatic rings. The molecule has 0 N–H and O–H groups in total. The predicted octanol–water partition coefficient (Wildman–Crippen LogP) is 5.14. The van der Waals surface area contributed by atoms with Crippen molar-refractivity contribution < 1.29 is 9.13 Å². The van der Waals surface area contributed by atoms with Crippen LogP contribution in [0.25, 0.3) is 0 Å². The van der Waals surface area contributed by atoms with E-state index in [4.69, 9.17) is 22.8 Å². The Morgan fingerprint density at radius 2 is 1.18 bits per heavy atom. The second-order valence-electron chi connectivity index (χ2n) is 1.50. The van der Waals surface area contributed by atoms with Gasteiger partial charge in [-0.1, -0.05) is 11.2 Å². The minimum Gasteiger partial charge on any atom is -0.306 e. The summed E-state index contributed by atoms with van der Waals surface area (Å²) in [5.74, 6) is 0. The fraction of sp³-hybridized carbons (Fsp3) is 1.00. The van der Waals surface area contributed by atoms with Crippen molar-refractivity contribution in [1.29, 1.82) is 0 Å². The molecule has 0 heterocycles. The second kappa shape index (κ2) is 6.38.